The predicted molar refractivity (Wildman–Crippen MR) is 117 cm³/mol. The number of aromatic nitrogens is 1. The monoisotopic (exact) mass is 409 g/mol. The Morgan fingerprint density at radius 3 is 2.53 bits per heavy atom. The number of benzene rings is 1. The van der Waals surface area contributed by atoms with Crippen LogP contribution in [0.25, 0.3) is 0 Å². The molecule has 6 nitrogen and oxygen atoms in total. The minimum absolute atomic E-state index is 0.0903. The van der Waals surface area contributed by atoms with E-state index in [0.29, 0.717) is 18.8 Å². The third-order valence-corrected chi connectivity index (χ3v) is 5.88. The van der Waals surface area contributed by atoms with Gasteiger partial charge in [0.05, 0.1) is 0 Å². The largest absolute Gasteiger partial charge is 0.444 e. The van der Waals surface area contributed by atoms with Gasteiger partial charge in [-0.1, -0.05) is 6.07 Å². The van der Waals surface area contributed by atoms with Crippen molar-refractivity contribution >= 4 is 17.7 Å². The van der Waals surface area contributed by atoms with E-state index in [0.717, 1.165) is 31.4 Å². The summed E-state index contributed by atoms with van der Waals surface area (Å²) in [5.41, 5.74) is 3.77. The second kappa shape index (κ2) is 8.17. The molecule has 6 heteroatoms. The first-order valence-electron chi connectivity index (χ1n) is 10.9. The maximum absolute atomic E-state index is 13.0. The molecule has 1 saturated heterocycles. The van der Waals surface area contributed by atoms with Crippen LogP contribution >= 0.6 is 0 Å². The van der Waals surface area contributed by atoms with Gasteiger partial charge in [-0.3, -0.25) is 4.79 Å². The molecule has 1 aromatic heterocycles. The lowest BCUT2D eigenvalue weighted by Gasteiger charge is -2.34. The van der Waals surface area contributed by atoms with E-state index in [2.05, 4.69) is 22.0 Å². The van der Waals surface area contributed by atoms with Crippen molar-refractivity contribution in [2.75, 3.05) is 18.4 Å². The molecule has 1 aliphatic heterocycles. The van der Waals surface area contributed by atoms with Crippen molar-refractivity contribution in [3.05, 3.63) is 53.3 Å². The van der Waals surface area contributed by atoms with Crippen LogP contribution in [0.3, 0.4) is 0 Å². The highest BCUT2D eigenvalue weighted by molar-refractivity contribution is 6.03. The molecule has 0 atom stereocenters. The third-order valence-electron chi connectivity index (χ3n) is 5.88. The van der Waals surface area contributed by atoms with Gasteiger partial charge in [-0.05, 0) is 88.3 Å². The first-order chi connectivity index (χ1) is 14.3. The van der Waals surface area contributed by atoms with Crippen molar-refractivity contribution in [3.8, 4) is 0 Å². The number of fused-ring (bicyclic) bond motifs is 1. The van der Waals surface area contributed by atoms with Crippen LogP contribution in [0.1, 0.15) is 67.7 Å². The van der Waals surface area contributed by atoms with Crippen LogP contribution in [0.4, 0.5) is 10.5 Å². The summed E-state index contributed by atoms with van der Waals surface area (Å²) in [5, 5.41) is 3.06. The highest BCUT2D eigenvalue weighted by Gasteiger charge is 2.28. The number of ether oxygens (including phenoxy) is 1. The number of nitrogens with zero attached hydrogens (tertiary/aromatic N) is 2. The Labute approximate surface area is 178 Å². The molecule has 0 radical (unpaired) electrons. The van der Waals surface area contributed by atoms with Crippen LogP contribution in [0.2, 0.25) is 0 Å². The minimum Gasteiger partial charge on any atom is -0.444 e. The molecule has 2 aliphatic rings. The van der Waals surface area contributed by atoms with Gasteiger partial charge in [0.1, 0.15) is 11.3 Å². The predicted octanol–water partition coefficient (Wildman–Crippen LogP) is 4.80. The van der Waals surface area contributed by atoms with E-state index in [1.807, 2.05) is 45.2 Å². The van der Waals surface area contributed by atoms with Crippen molar-refractivity contribution < 1.29 is 14.3 Å². The fourth-order valence-electron chi connectivity index (χ4n) is 4.40. The van der Waals surface area contributed by atoms with Crippen LogP contribution in [-0.2, 0) is 17.6 Å². The molecular weight excluding hydrogens is 378 g/mol. The van der Waals surface area contributed by atoms with Crippen molar-refractivity contribution in [1.82, 2.24) is 9.47 Å². The average molecular weight is 410 g/mol. The summed E-state index contributed by atoms with van der Waals surface area (Å²) in [6.45, 7) is 6.89. The Balaban J connectivity index is 1.39. The number of aryl methyl sites for hydroxylation is 2. The summed E-state index contributed by atoms with van der Waals surface area (Å²) in [6.07, 6.45) is 6.71. The van der Waals surface area contributed by atoms with Gasteiger partial charge in [-0.25, -0.2) is 4.79 Å². The second-order valence-electron chi connectivity index (χ2n) is 9.29. The van der Waals surface area contributed by atoms with Gasteiger partial charge in [0.15, 0.2) is 0 Å². The lowest BCUT2D eigenvalue weighted by atomic mass is 10.0. The Hall–Kier alpha value is -2.76. The number of piperidine rings is 1. The summed E-state index contributed by atoms with van der Waals surface area (Å²) in [5.74, 6) is -0.0903. The van der Waals surface area contributed by atoms with E-state index in [1.54, 1.807) is 4.90 Å². The lowest BCUT2D eigenvalue weighted by molar-refractivity contribution is 0.0187. The SMILES string of the molecule is CC(C)(C)OC(=O)N1CCC(n2cccc2C(=O)Nc2ccc3c(c2)CCC3)CC1. The van der Waals surface area contributed by atoms with Crippen LogP contribution in [0.5, 0.6) is 0 Å². The quantitative estimate of drug-likeness (QED) is 0.792. The summed E-state index contributed by atoms with van der Waals surface area (Å²) in [6, 6.07) is 10.2. The summed E-state index contributed by atoms with van der Waals surface area (Å²) in [7, 11) is 0. The van der Waals surface area contributed by atoms with E-state index in [1.165, 1.54) is 17.5 Å². The minimum atomic E-state index is -0.489. The molecule has 1 fully saturated rings. The number of hydrogen-bond donors (Lipinski definition) is 1. The van der Waals surface area contributed by atoms with Crippen LogP contribution in [0.15, 0.2) is 36.5 Å². The fourth-order valence-corrected chi connectivity index (χ4v) is 4.40. The Bertz CT molecular complexity index is 933. The van der Waals surface area contributed by atoms with Crippen LogP contribution in [0, 0.1) is 0 Å². The Kier molecular flexibility index (Phi) is 5.58. The van der Waals surface area contributed by atoms with E-state index in [9.17, 15) is 9.59 Å². The Morgan fingerprint density at radius 1 is 1.07 bits per heavy atom. The highest BCUT2D eigenvalue weighted by Crippen LogP contribution is 2.28. The number of nitrogens with one attached hydrogen (secondary N) is 1. The van der Waals surface area contributed by atoms with Gasteiger partial charge < -0.3 is 19.5 Å². The number of carbonyl (C=O) groups excluding carboxylic acids is 2. The standard InChI is InChI=1S/C24H31N3O3/c1-24(2,3)30-23(29)26-14-11-20(12-15-26)27-13-5-8-21(27)22(28)25-19-10-9-17-6-4-7-18(17)16-19/h5,8-10,13,16,20H,4,6-7,11-12,14-15H2,1-3H3,(H,25,28). The zero-order chi connectivity index (χ0) is 21.3. The normalized spacial score (nSPS) is 17.0. The van der Waals surface area contributed by atoms with E-state index >= 15 is 0 Å². The molecule has 4 rings (SSSR count). The first-order valence-corrected chi connectivity index (χ1v) is 10.9. The highest BCUT2D eigenvalue weighted by atomic mass is 16.6. The van der Waals surface area contributed by atoms with Gasteiger partial charge in [-0.15, -0.1) is 0 Å². The number of carbonyl (C=O) groups is 2. The fraction of sp³-hybridized carbons (Fsp3) is 0.500. The smallest absolute Gasteiger partial charge is 0.410 e. The maximum Gasteiger partial charge on any atom is 0.410 e. The molecule has 160 valence electrons. The van der Waals surface area contributed by atoms with Gasteiger partial charge in [-0.2, -0.15) is 0 Å². The van der Waals surface area contributed by atoms with Gasteiger partial charge >= 0.3 is 6.09 Å². The molecule has 1 aliphatic carbocycles. The molecule has 2 amide bonds. The summed E-state index contributed by atoms with van der Waals surface area (Å²) >= 11 is 0. The molecule has 1 N–H and O–H groups in total. The van der Waals surface area contributed by atoms with E-state index in [4.69, 9.17) is 4.74 Å². The van der Waals surface area contributed by atoms with Crippen molar-refractivity contribution in [1.29, 1.82) is 0 Å². The number of rotatable bonds is 3. The lowest BCUT2D eigenvalue weighted by Crippen LogP contribution is -2.42. The first kappa shape index (κ1) is 20.5. The number of hydrogen-bond acceptors (Lipinski definition) is 3. The summed E-state index contributed by atoms with van der Waals surface area (Å²) < 4.78 is 7.53. The average Bonchev–Trinajstić information content (AvgIpc) is 3.36. The van der Waals surface area contributed by atoms with Crippen molar-refractivity contribution in [3.63, 3.8) is 0 Å². The molecular formula is C24H31N3O3. The molecule has 0 saturated carbocycles. The van der Waals surface area contributed by atoms with Crippen LogP contribution < -0.4 is 5.32 Å². The zero-order valence-electron chi connectivity index (χ0n) is 18.1. The molecule has 2 heterocycles. The second-order valence-corrected chi connectivity index (χ2v) is 9.29. The van der Waals surface area contributed by atoms with Gasteiger partial charge in [0.25, 0.3) is 5.91 Å². The number of amides is 2. The van der Waals surface area contributed by atoms with Crippen LogP contribution in [-0.4, -0.2) is 40.2 Å². The molecule has 1 aromatic carbocycles. The van der Waals surface area contributed by atoms with Gasteiger partial charge in [0, 0.05) is 31.0 Å². The van der Waals surface area contributed by atoms with Crippen molar-refractivity contribution in [2.24, 2.45) is 0 Å². The number of anilines is 1. The Morgan fingerprint density at radius 2 is 1.80 bits per heavy atom. The molecule has 2 aromatic rings. The van der Waals surface area contributed by atoms with E-state index < -0.39 is 5.60 Å². The van der Waals surface area contributed by atoms with E-state index in [-0.39, 0.29) is 18.0 Å². The molecule has 30 heavy (non-hydrogen) atoms. The summed E-state index contributed by atoms with van der Waals surface area (Å²) in [4.78, 5) is 27.0. The maximum atomic E-state index is 13.0. The van der Waals surface area contributed by atoms with Gasteiger partial charge in [0.2, 0.25) is 0 Å². The molecule has 0 spiro atoms. The molecule has 0 bridgehead atoms. The molecule has 0 unspecified atom stereocenters. The van der Waals surface area contributed by atoms with Crippen molar-refractivity contribution in [2.45, 2.75) is 64.5 Å². The zero-order valence-corrected chi connectivity index (χ0v) is 18.1. The topological polar surface area (TPSA) is 63.6 Å². The third kappa shape index (κ3) is 4.53. The number of likely N-dealkylation sites (tertiary alicyclic amines) is 1.